The van der Waals surface area contributed by atoms with E-state index in [0.717, 1.165) is 0 Å². The average Bonchev–Trinajstić information content (AvgIpc) is 2.48. The first-order chi connectivity index (χ1) is 9.93. The van der Waals surface area contributed by atoms with Gasteiger partial charge < -0.3 is 29.9 Å². The van der Waals surface area contributed by atoms with Crippen LogP contribution in [-0.2, 0) is 4.74 Å². The molecular formula is C14H18O7. The largest absolute Gasteiger partial charge is 0.462 e. The van der Waals surface area contributed by atoms with E-state index >= 15 is 0 Å². The molecule has 2 rings (SSSR count). The number of ketones is 1. The Morgan fingerprint density at radius 3 is 2.29 bits per heavy atom. The molecular weight excluding hydrogens is 280 g/mol. The number of aliphatic hydroxyl groups is 4. The highest BCUT2D eigenvalue weighted by molar-refractivity contribution is 5.94. The van der Waals surface area contributed by atoms with Crippen molar-refractivity contribution in [2.45, 2.75) is 37.6 Å². The van der Waals surface area contributed by atoms with E-state index in [4.69, 9.17) is 14.6 Å². The number of hydrogen-bond donors (Lipinski definition) is 4. The summed E-state index contributed by atoms with van der Waals surface area (Å²) in [6, 6.07) is 6.17. The molecule has 1 heterocycles. The van der Waals surface area contributed by atoms with Gasteiger partial charge in [-0.2, -0.15) is 0 Å². The lowest BCUT2D eigenvalue weighted by Crippen LogP contribution is -2.60. The maximum absolute atomic E-state index is 11.2. The highest BCUT2D eigenvalue weighted by Gasteiger charge is 2.44. The molecule has 1 saturated heterocycles. The molecule has 0 radical (unpaired) electrons. The molecule has 0 aromatic heterocycles. The third-order valence-corrected chi connectivity index (χ3v) is 3.36. The van der Waals surface area contributed by atoms with Crippen LogP contribution >= 0.6 is 0 Å². The van der Waals surface area contributed by atoms with Gasteiger partial charge in [-0.05, 0) is 31.2 Å². The topological polar surface area (TPSA) is 116 Å². The molecule has 0 spiro atoms. The zero-order valence-corrected chi connectivity index (χ0v) is 11.4. The van der Waals surface area contributed by atoms with Crippen molar-refractivity contribution in [3.8, 4) is 5.75 Å². The molecule has 4 N–H and O–H groups in total. The van der Waals surface area contributed by atoms with Gasteiger partial charge in [-0.25, -0.2) is 0 Å². The van der Waals surface area contributed by atoms with Crippen molar-refractivity contribution < 1.29 is 34.7 Å². The molecule has 1 aromatic rings. The Balaban J connectivity index is 2.08. The summed E-state index contributed by atoms with van der Waals surface area (Å²) in [6.07, 6.45) is -6.63. The van der Waals surface area contributed by atoms with E-state index in [9.17, 15) is 20.1 Å². The molecule has 1 fully saturated rings. The lowest BCUT2D eigenvalue weighted by molar-refractivity contribution is -0.277. The van der Waals surface area contributed by atoms with Gasteiger partial charge >= 0.3 is 0 Å². The van der Waals surface area contributed by atoms with Crippen molar-refractivity contribution in [1.82, 2.24) is 0 Å². The first-order valence-electron chi connectivity index (χ1n) is 6.52. The van der Waals surface area contributed by atoms with Gasteiger partial charge in [-0.1, -0.05) is 0 Å². The summed E-state index contributed by atoms with van der Waals surface area (Å²) >= 11 is 0. The molecule has 116 valence electrons. The van der Waals surface area contributed by atoms with Crippen LogP contribution in [0.1, 0.15) is 17.3 Å². The Morgan fingerprint density at radius 2 is 1.76 bits per heavy atom. The highest BCUT2D eigenvalue weighted by Crippen LogP contribution is 2.24. The molecule has 1 aliphatic rings. The van der Waals surface area contributed by atoms with Crippen LogP contribution in [0.15, 0.2) is 24.3 Å². The van der Waals surface area contributed by atoms with E-state index in [1.807, 2.05) is 0 Å². The molecule has 0 unspecified atom stereocenters. The van der Waals surface area contributed by atoms with Gasteiger partial charge in [0.25, 0.3) is 0 Å². The van der Waals surface area contributed by atoms with Crippen LogP contribution in [0.5, 0.6) is 5.75 Å². The van der Waals surface area contributed by atoms with Gasteiger partial charge in [0, 0.05) is 5.56 Å². The molecule has 0 bridgehead atoms. The minimum Gasteiger partial charge on any atom is -0.462 e. The lowest BCUT2D eigenvalue weighted by Gasteiger charge is -2.39. The molecule has 7 nitrogen and oxygen atoms in total. The zero-order chi connectivity index (χ0) is 15.6. The van der Waals surface area contributed by atoms with Crippen molar-refractivity contribution in [3.05, 3.63) is 29.8 Å². The van der Waals surface area contributed by atoms with Gasteiger partial charge in [0.15, 0.2) is 5.78 Å². The number of ether oxygens (including phenoxy) is 2. The Morgan fingerprint density at radius 1 is 1.14 bits per heavy atom. The van der Waals surface area contributed by atoms with E-state index in [1.54, 1.807) is 12.1 Å². The molecule has 0 saturated carbocycles. The monoisotopic (exact) mass is 298 g/mol. The van der Waals surface area contributed by atoms with Crippen LogP contribution in [0.4, 0.5) is 0 Å². The predicted octanol–water partition coefficient (Wildman–Crippen LogP) is -0.932. The summed E-state index contributed by atoms with van der Waals surface area (Å²) in [4.78, 5) is 11.2. The quantitative estimate of drug-likeness (QED) is 0.530. The first-order valence-corrected chi connectivity index (χ1v) is 6.52. The maximum Gasteiger partial charge on any atom is 0.229 e. The molecule has 7 heteroatoms. The minimum absolute atomic E-state index is 0.0885. The van der Waals surface area contributed by atoms with E-state index in [0.29, 0.717) is 11.3 Å². The van der Waals surface area contributed by atoms with Crippen molar-refractivity contribution in [1.29, 1.82) is 0 Å². The van der Waals surface area contributed by atoms with E-state index < -0.39 is 37.3 Å². The molecule has 1 aliphatic heterocycles. The standard InChI is InChI=1S/C14H18O7/c1-7(16)8-2-4-9(5-3-8)20-14-13(19)12(18)11(17)10(6-15)21-14/h2-5,10-15,17-19H,6H2,1H3/t10-,11-,12+,13-,14+/m1/s1. The van der Waals surface area contributed by atoms with Crippen molar-refractivity contribution in [2.24, 2.45) is 0 Å². The molecule has 0 amide bonds. The first kappa shape index (κ1) is 15.9. The molecule has 5 atom stereocenters. The SMILES string of the molecule is CC(=O)c1ccc(O[C@H]2O[C@H](CO)[C@@H](O)[C@H](O)[C@H]2O)cc1. The Kier molecular flexibility index (Phi) is 4.92. The summed E-state index contributed by atoms with van der Waals surface area (Å²) in [5.41, 5.74) is 0.510. The number of hydrogen-bond acceptors (Lipinski definition) is 7. The molecule has 0 aliphatic carbocycles. The number of aliphatic hydroxyl groups excluding tert-OH is 4. The van der Waals surface area contributed by atoms with Crippen molar-refractivity contribution in [2.75, 3.05) is 6.61 Å². The van der Waals surface area contributed by atoms with Crippen molar-refractivity contribution >= 4 is 5.78 Å². The minimum atomic E-state index is -1.49. The summed E-state index contributed by atoms with van der Waals surface area (Å²) in [6.45, 7) is 0.918. The Hall–Kier alpha value is -1.51. The molecule has 1 aromatic carbocycles. The smallest absolute Gasteiger partial charge is 0.229 e. The van der Waals surface area contributed by atoms with Crippen LogP contribution in [0.3, 0.4) is 0 Å². The predicted molar refractivity (Wildman–Crippen MR) is 70.8 cm³/mol. The van der Waals surface area contributed by atoms with Crippen LogP contribution in [-0.4, -0.2) is 63.5 Å². The van der Waals surface area contributed by atoms with Gasteiger partial charge in [-0.15, -0.1) is 0 Å². The van der Waals surface area contributed by atoms with Gasteiger partial charge in [0.05, 0.1) is 6.61 Å². The zero-order valence-electron chi connectivity index (χ0n) is 11.4. The van der Waals surface area contributed by atoms with Crippen LogP contribution in [0.2, 0.25) is 0 Å². The second-order valence-corrected chi connectivity index (χ2v) is 4.90. The number of carbonyl (C=O) groups excluding carboxylic acids is 1. The maximum atomic E-state index is 11.2. The second kappa shape index (κ2) is 6.50. The third kappa shape index (κ3) is 3.39. The van der Waals surface area contributed by atoms with Gasteiger partial charge in [0.2, 0.25) is 6.29 Å². The fourth-order valence-electron chi connectivity index (χ4n) is 2.07. The number of carbonyl (C=O) groups is 1. The van der Waals surface area contributed by atoms with E-state index in [-0.39, 0.29) is 5.78 Å². The third-order valence-electron chi connectivity index (χ3n) is 3.36. The summed E-state index contributed by atoms with van der Waals surface area (Å²) in [5.74, 6) is 0.235. The van der Waals surface area contributed by atoms with Crippen LogP contribution in [0, 0.1) is 0 Å². The number of rotatable bonds is 4. The summed E-state index contributed by atoms with van der Waals surface area (Å²) < 4.78 is 10.6. The normalized spacial score (nSPS) is 32.7. The Bertz CT molecular complexity index is 485. The highest BCUT2D eigenvalue weighted by atomic mass is 16.7. The van der Waals surface area contributed by atoms with Gasteiger partial charge in [0.1, 0.15) is 30.2 Å². The fourth-order valence-corrected chi connectivity index (χ4v) is 2.07. The fraction of sp³-hybridized carbons (Fsp3) is 0.500. The number of benzene rings is 1. The average molecular weight is 298 g/mol. The lowest BCUT2D eigenvalue weighted by atomic mass is 9.99. The summed E-state index contributed by atoms with van der Waals surface area (Å²) in [7, 11) is 0. The Labute approximate surface area is 121 Å². The second-order valence-electron chi connectivity index (χ2n) is 4.90. The van der Waals surface area contributed by atoms with Gasteiger partial charge in [-0.3, -0.25) is 4.79 Å². The number of Topliss-reactive ketones (excluding diaryl/α,β-unsaturated/α-hetero) is 1. The van der Waals surface area contributed by atoms with E-state index in [2.05, 4.69) is 0 Å². The van der Waals surface area contributed by atoms with E-state index in [1.165, 1.54) is 19.1 Å². The van der Waals surface area contributed by atoms with Crippen LogP contribution < -0.4 is 4.74 Å². The van der Waals surface area contributed by atoms with Crippen molar-refractivity contribution in [3.63, 3.8) is 0 Å². The van der Waals surface area contributed by atoms with Crippen LogP contribution in [0.25, 0.3) is 0 Å². The molecule has 21 heavy (non-hydrogen) atoms. The summed E-state index contributed by atoms with van der Waals surface area (Å²) in [5, 5.41) is 38.2.